The Morgan fingerprint density at radius 2 is 2.30 bits per heavy atom. The molecule has 0 unspecified atom stereocenters. The number of aromatic nitrogens is 2. The zero-order valence-electron chi connectivity index (χ0n) is 13.5. The highest BCUT2D eigenvalue weighted by Gasteiger charge is 2.07. The van der Waals surface area contributed by atoms with Gasteiger partial charge in [0, 0.05) is 32.0 Å². The van der Waals surface area contributed by atoms with Crippen molar-refractivity contribution in [3.05, 3.63) is 41.3 Å². The number of fused-ring (bicyclic) bond motifs is 1. The van der Waals surface area contributed by atoms with E-state index in [1.807, 2.05) is 28.8 Å². The Bertz CT molecular complexity index is 680. The van der Waals surface area contributed by atoms with Gasteiger partial charge in [0.25, 0.3) is 0 Å². The van der Waals surface area contributed by atoms with Crippen molar-refractivity contribution in [3.8, 4) is 0 Å². The van der Waals surface area contributed by atoms with Crippen molar-refractivity contribution >= 4 is 29.2 Å². The smallest absolute Gasteiger partial charge is 0.244 e. The van der Waals surface area contributed by atoms with E-state index in [4.69, 9.17) is 16.3 Å². The van der Waals surface area contributed by atoms with E-state index in [1.54, 1.807) is 6.08 Å². The monoisotopic (exact) mass is 335 g/mol. The van der Waals surface area contributed by atoms with E-state index < -0.39 is 0 Å². The van der Waals surface area contributed by atoms with Gasteiger partial charge in [0.05, 0.1) is 5.69 Å². The first-order valence-corrected chi connectivity index (χ1v) is 8.12. The van der Waals surface area contributed by atoms with Gasteiger partial charge in [-0.3, -0.25) is 9.20 Å². The molecule has 23 heavy (non-hydrogen) atoms. The molecule has 0 aliphatic carbocycles. The highest BCUT2D eigenvalue weighted by atomic mass is 35.5. The summed E-state index contributed by atoms with van der Waals surface area (Å²) in [6, 6.07) is 5.64. The normalized spacial score (nSPS) is 11.7. The highest BCUT2D eigenvalue weighted by molar-refractivity contribution is 6.31. The first-order chi connectivity index (χ1) is 11.1. The van der Waals surface area contributed by atoms with Crippen molar-refractivity contribution in [2.45, 2.75) is 20.3 Å². The summed E-state index contributed by atoms with van der Waals surface area (Å²) in [6.45, 7) is 6.21. The van der Waals surface area contributed by atoms with E-state index in [0.29, 0.717) is 29.9 Å². The molecular formula is C17H22ClN3O2. The molecule has 2 rings (SSSR count). The van der Waals surface area contributed by atoms with E-state index in [9.17, 15) is 4.79 Å². The van der Waals surface area contributed by atoms with Gasteiger partial charge in [-0.1, -0.05) is 31.5 Å². The Morgan fingerprint density at radius 1 is 1.48 bits per heavy atom. The van der Waals surface area contributed by atoms with Gasteiger partial charge in [0.1, 0.15) is 5.65 Å². The van der Waals surface area contributed by atoms with E-state index in [2.05, 4.69) is 24.1 Å². The number of nitrogens with one attached hydrogen (secondary N) is 1. The van der Waals surface area contributed by atoms with Gasteiger partial charge in [0.2, 0.25) is 5.91 Å². The Hall–Kier alpha value is -1.85. The predicted octanol–water partition coefficient (Wildman–Crippen LogP) is 3.18. The standard InChI is InChI=1S/C17H22ClN3O2/c1-13(2)12-23-11-5-9-19-16(22)8-7-14-17(18)20-15-6-3-4-10-21(14)15/h3-4,6-8,10,13H,5,9,11-12H2,1-2H3,(H,19,22)/b8-7+. The molecule has 124 valence electrons. The van der Waals surface area contributed by atoms with Gasteiger partial charge < -0.3 is 10.1 Å². The summed E-state index contributed by atoms with van der Waals surface area (Å²) in [7, 11) is 0. The Morgan fingerprint density at radius 3 is 3.09 bits per heavy atom. The average molecular weight is 336 g/mol. The molecule has 0 spiro atoms. The number of amides is 1. The molecular weight excluding hydrogens is 314 g/mol. The fourth-order valence-electron chi connectivity index (χ4n) is 2.05. The number of ether oxygens (including phenoxy) is 1. The van der Waals surface area contributed by atoms with Gasteiger partial charge in [-0.05, 0) is 30.5 Å². The first-order valence-electron chi connectivity index (χ1n) is 7.74. The van der Waals surface area contributed by atoms with Crippen LogP contribution in [0.1, 0.15) is 26.0 Å². The maximum Gasteiger partial charge on any atom is 0.244 e. The fraction of sp³-hybridized carbons (Fsp3) is 0.412. The molecule has 6 heteroatoms. The van der Waals surface area contributed by atoms with Crippen LogP contribution in [0.4, 0.5) is 0 Å². The summed E-state index contributed by atoms with van der Waals surface area (Å²) in [5, 5.41) is 3.20. The molecule has 0 radical (unpaired) electrons. The Balaban J connectivity index is 1.80. The third-order valence-electron chi connectivity index (χ3n) is 3.13. The lowest BCUT2D eigenvalue weighted by Crippen LogP contribution is -2.23. The number of hydrogen-bond acceptors (Lipinski definition) is 3. The van der Waals surface area contributed by atoms with E-state index >= 15 is 0 Å². The van der Waals surface area contributed by atoms with Crippen LogP contribution in [0, 0.1) is 5.92 Å². The number of hydrogen-bond donors (Lipinski definition) is 1. The van der Waals surface area contributed by atoms with Crippen LogP contribution in [0.3, 0.4) is 0 Å². The van der Waals surface area contributed by atoms with Crippen LogP contribution in [-0.4, -0.2) is 35.1 Å². The average Bonchev–Trinajstić information content (AvgIpc) is 2.83. The van der Waals surface area contributed by atoms with E-state index in [-0.39, 0.29) is 5.91 Å². The van der Waals surface area contributed by atoms with Crippen LogP contribution in [0.25, 0.3) is 11.7 Å². The maximum absolute atomic E-state index is 11.8. The van der Waals surface area contributed by atoms with Crippen molar-refractivity contribution in [1.29, 1.82) is 0 Å². The summed E-state index contributed by atoms with van der Waals surface area (Å²) in [6.07, 6.45) is 5.80. The first kappa shape index (κ1) is 17.5. The number of halogens is 1. The molecule has 0 saturated heterocycles. The molecule has 0 saturated carbocycles. The van der Waals surface area contributed by atoms with Gasteiger partial charge in [-0.2, -0.15) is 0 Å². The second kappa shape index (κ2) is 8.70. The molecule has 0 atom stereocenters. The molecule has 2 aromatic heterocycles. The molecule has 0 bridgehead atoms. The van der Waals surface area contributed by atoms with Crippen LogP contribution >= 0.6 is 11.6 Å². The zero-order valence-corrected chi connectivity index (χ0v) is 14.2. The van der Waals surface area contributed by atoms with Gasteiger partial charge in [-0.25, -0.2) is 4.98 Å². The highest BCUT2D eigenvalue weighted by Crippen LogP contribution is 2.18. The van der Waals surface area contributed by atoms with Crippen molar-refractivity contribution < 1.29 is 9.53 Å². The molecule has 2 heterocycles. The molecule has 2 aromatic rings. The van der Waals surface area contributed by atoms with E-state index in [1.165, 1.54) is 6.08 Å². The predicted molar refractivity (Wildman–Crippen MR) is 92.5 cm³/mol. The number of rotatable bonds is 8. The molecule has 1 N–H and O–H groups in total. The molecule has 1 amide bonds. The topological polar surface area (TPSA) is 55.6 Å². The minimum absolute atomic E-state index is 0.157. The lowest BCUT2D eigenvalue weighted by Gasteiger charge is -2.06. The summed E-state index contributed by atoms with van der Waals surface area (Å²) in [5.74, 6) is 0.374. The quantitative estimate of drug-likeness (QED) is 0.595. The molecule has 0 fully saturated rings. The SMILES string of the molecule is CC(C)COCCCNC(=O)/C=C/c1c(Cl)nc2ccccn12. The van der Waals surface area contributed by atoms with Crippen molar-refractivity contribution in [3.63, 3.8) is 0 Å². The maximum atomic E-state index is 11.8. The van der Waals surface area contributed by atoms with Crippen molar-refractivity contribution in [2.75, 3.05) is 19.8 Å². The number of carbonyl (C=O) groups is 1. The van der Waals surface area contributed by atoms with Crippen LogP contribution < -0.4 is 5.32 Å². The van der Waals surface area contributed by atoms with Crippen LogP contribution in [0.15, 0.2) is 30.5 Å². The van der Waals surface area contributed by atoms with Gasteiger partial charge in [-0.15, -0.1) is 0 Å². The van der Waals surface area contributed by atoms with Gasteiger partial charge in [0.15, 0.2) is 5.15 Å². The minimum Gasteiger partial charge on any atom is -0.381 e. The second-order valence-electron chi connectivity index (χ2n) is 5.66. The zero-order chi connectivity index (χ0) is 16.7. The van der Waals surface area contributed by atoms with Crippen molar-refractivity contribution in [2.24, 2.45) is 5.92 Å². The lowest BCUT2D eigenvalue weighted by atomic mass is 10.2. The molecule has 5 nitrogen and oxygen atoms in total. The number of pyridine rings is 1. The molecule has 0 aliphatic rings. The third-order valence-corrected chi connectivity index (χ3v) is 3.41. The number of imidazole rings is 1. The third kappa shape index (κ3) is 5.37. The summed E-state index contributed by atoms with van der Waals surface area (Å²) in [5.41, 5.74) is 1.44. The largest absolute Gasteiger partial charge is 0.381 e. The van der Waals surface area contributed by atoms with E-state index in [0.717, 1.165) is 18.7 Å². The van der Waals surface area contributed by atoms with Crippen molar-refractivity contribution in [1.82, 2.24) is 14.7 Å². The number of carbonyl (C=O) groups excluding carboxylic acids is 1. The summed E-state index contributed by atoms with van der Waals surface area (Å²) >= 11 is 6.11. The van der Waals surface area contributed by atoms with Crippen LogP contribution in [0.5, 0.6) is 0 Å². The molecule has 0 aliphatic heterocycles. The fourth-order valence-corrected chi connectivity index (χ4v) is 2.29. The molecule has 0 aromatic carbocycles. The Labute approximate surface area is 141 Å². The van der Waals surface area contributed by atoms with Crippen LogP contribution in [0.2, 0.25) is 5.15 Å². The second-order valence-corrected chi connectivity index (χ2v) is 6.02. The van der Waals surface area contributed by atoms with Crippen LogP contribution in [-0.2, 0) is 9.53 Å². The van der Waals surface area contributed by atoms with Gasteiger partial charge >= 0.3 is 0 Å². The minimum atomic E-state index is -0.157. The summed E-state index contributed by atoms with van der Waals surface area (Å²) < 4.78 is 7.30. The Kier molecular flexibility index (Phi) is 6.62. The summed E-state index contributed by atoms with van der Waals surface area (Å²) in [4.78, 5) is 16.0. The lowest BCUT2D eigenvalue weighted by molar-refractivity contribution is -0.116. The number of nitrogens with zero attached hydrogens (tertiary/aromatic N) is 2.